The molecular weight excluding hydrogens is 444 g/mol. The number of alkyl carbamates (subject to hydrolysis) is 1. The van der Waals surface area contributed by atoms with Crippen LogP contribution in [0.3, 0.4) is 0 Å². The molecule has 4 rings (SSSR count). The van der Waals surface area contributed by atoms with E-state index in [4.69, 9.17) is 4.74 Å². The first-order chi connectivity index (χ1) is 16.8. The molecule has 7 nitrogen and oxygen atoms in total. The summed E-state index contributed by atoms with van der Waals surface area (Å²) in [5.74, 6) is -0.814. The summed E-state index contributed by atoms with van der Waals surface area (Å²) in [6, 6.07) is 16.0. The Kier molecular flexibility index (Phi) is 7.43. The quantitative estimate of drug-likeness (QED) is 0.503. The summed E-state index contributed by atoms with van der Waals surface area (Å²) < 4.78 is 5.57. The number of hydrogen-bond acceptors (Lipinski definition) is 4. The van der Waals surface area contributed by atoms with Gasteiger partial charge in [-0.2, -0.15) is 0 Å². The zero-order chi connectivity index (χ0) is 25.0. The molecule has 0 bridgehead atoms. The summed E-state index contributed by atoms with van der Waals surface area (Å²) in [7, 11) is 0. The molecule has 2 aromatic rings. The summed E-state index contributed by atoms with van der Waals surface area (Å²) in [5, 5.41) is 15.3. The molecule has 1 atom stereocenters. The van der Waals surface area contributed by atoms with Crippen LogP contribution in [0.2, 0.25) is 0 Å². The van der Waals surface area contributed by atoms with Crippen LogP contribution in [0, 0.1) is 5.92 Å². The molecule has 35 heavy (non-hydrogen) atoms. The number of fused-ring (bicyclic) bond motifs is 3. The topological polar surface area (TPSA) is 105 Å². The fourth-order valence-electron chi connectivity index (χ4n) is 5.24. The lowest BCUT2D eigenvalue weighted by molar-refractivity contribution is -0.149. The van der Waals surface area contributed by atoms with Crippen LogP contribution in [0.25, 0.3) is 11.1 Å². The van der Waals surface area contributed by atoms with Gasteiger partial charge in [-0.05, 0) is 67.2 Å². The highest BCUT2D eigenvalue weighted by atomic mass is 16.5. The van der Waals surface area contributed by atoms with Crippen LogP contribution in [0.1, 0.15) is 69.4 Å². The van der Waals surface area contributed by atoms with Crippen molar-refractivity contribution in [3.63, 3.8) is 0 Å². The lowest BCUT2D eigenvalue weighted by atomic mass is 9.77. The Balaban J connectivity index is 1.25. The Bertz CT molecular complexity index is 1040. The third kappa shape index (κ3) is 5.50. The minimum absolute atomic E-state index is 0.0142. The van der Waals surface area contributed by atoms with Gasteiger partial charge < -0.3 is 20.5 Å². The molecule has 0 saturated heterocycles. The van der Waals surface area contributed by atoms with Gasteiger partial charge in [0.05, 0.1) is 0 Å². The summed E-state index contributed by atoms with van der Waals surface area (Å²) in [6.07, 6.45) is 2.46. The van der Waals surface area contributed by atoms with Crippen molar-refractivity contribution >= 4 is 18.0 Å². The van der Waals surface area contributed by atoms with Crippen LogP contribution in [0.15, 0.2) is 48.5 Å². The first kappa shape index (κ1) is 24.8. The van der Waals surface area contributed by atoms with Gasteiger partial charge in [-0.1, -0.05) is 55.5 Å². The van der Waals surface area contributed by atoms with Crippen molar-refractivity contribution in [1.29, 1.82) is 0 Å². The highest BCUT2D eigenvalue weighted by molar-refractivity contribution is 5.87. The molecule has 0 radical (unpaired) electrons. The van der Waals surface area contributed by atoms with Gasteiger partial charge in [0.1, 0.15) is 12.1 Å². The summed E-state index contributed by atoms with van der Waals surface area (Å²) in [5.41, 5.74) is 3.46. The zero-order valence-electron chi connectivity index (χ0n) is 20.4. The van der Waals surface area contributed by atoms with Gasteiger partial charge in [-0.3, -0.25) is 4.79 Å². The zero-order valence-corrected chi connectivity index (χ0v) is 20.4. The maximum Gasteiger partial charge on any atom is 0.407 e. The Labute approximate surface area is 206 Å². The number of nitrogens with one attached hydrogen (secondary N) is 2. The van der Waals surface area contributed by atoms with Crippen LogP contribution >= 0.6 is 0 Å². The third-order valence-corrected chi connectivity index (χ3v) is 7.43. The predicted molar refractivity (Wildman–Crippen MR) is 133 cm³/mol. The Morgan fingerprint density at radius 3 is 2.17 bits per heavy atom. The van der Waals surface area contributed by atoms with Crippen LogP contribution < -0.4 is 10.6 Å². The van der Waals surface area contributed by atoms with E-state index in [1.807, 2.05) is 31.2 Å². The molecule has 2 aliphatic carbocycles. The number of carbonyl (C=O) groups is 3. The molecule has 0 heterocycles. The first-order valence-corrected chi connectivity index (χ1v) is 12.4. The van der Waals surface area contributed by atoms with E-state index in [0.29, 0.717) is 25.2 Å². The molecule has 0 aromatic heterocycles. The minimum Gasteiger partial charge on any atom is -0.480 e. The second-order valence-electron chi connectivity index (χ2n) is 10.0. The minimum atomic E-state index is -1.17. The number of amides is 2. The fourth-order valence-corrected chi connectivity index (χ4v) is 5.24. The molecule has 0 spiro atoms. The third-order valence-electron chi connectivity index (χ3n) is 7.43. The van der Waals surface area contributed by atoms with Crippen LogP contribution in [-0.2, 0) is 14.3 Å². The van der Waals surface area contributed by atoms with Crippen molar-refractivity contribution in [2.45, 2.75) is 69.9 Å². The van der Waals surface area contributed by atoms with Gasteiger partial charge >= 0.3 is 12.1 Å². The van der Waals surface area contributed by atoms with Crippen molar-refractivity contribution in [3.05, 3.63) is 59.7 Å². The lowest BCUT2D eigenvalue weighted by Gasteiger charge is -2.36. The highest BCUT2D eigenvalue weighted by Crippen LogP contribution is 2.44. The second-order valence-corrected chi connectivity index (χ2v) is 10.0. The van der Waals surface area contributed by atoms with Gasteiger partial charge in [0.2, 0.25) is 5.91 Å². The number of carboxylic acids is 1. The molecule has 2 aliphatic rings. The van der Waals surface area contributed by atoms with Gasteiger partial charge in [0.25, 0.3) is 0 Å². The van der Waals surface area contributed by atoms with Crippen molar-refractivity contribution in [2.24, 2.45) is 5.92 Å². The van der Waals surface area contributed by atoms with Crippen molar-refractivity contribution in [3.8, 4) is 11.1 Å². The van der Waals surface area contributed by atoms with Crippen LogP contribution in [-0.4, -0.2) is 41.3 Å². The maximum atomic E-state index is 12.5. The number of aliphatic carboxylic acids is 1. The lowest BCUT2D eigenvalue weighted by Crippen LogP contribution is -2.56. The maximum absolute atomic E-state index is 12.5. The number of carbonyl (C=O) groups excluding carboxylic acids is 2. The summed E-state index contributed by atoms with van der Waals surface area (Å²) in [4.78, 5) is 36.8. The van der Waals surface area contributed by atoms with Crippen molar-refractivity contribution in [2.75, 3.05) is 6.61 Å². The standard InChI is InChI=1S/C28H34N2O5/c1-18-13-15-28(16-14-18,26(32)33)30-25(31)12-11-19(2)29-27(34)35-17-24-22-9-5-3-7-20(22)21-8-4-6-10-23(21)24/h3-10,18-19,24H,11-17H2,1-2H3,(H,29,34)(H,30,31)(H,32,33). The molecule has 2 amide bonds. The van der Waals surface area contributed by atoms with E-state index in [1.165, 1.54) is 11.1 Å². The van der Waals surface area contributed by atoms with E-state index in [9.17, 15) is 19.5 Å². The molecule has 3 N–H and O–H groups in total. The van der Waals surface area contributed by atoms with E-state index in [2.05, 4.69) is 41.8 Å². The van der Waals surface area contributed by atoms with E-state index >= 15 is 0 Å². The van der Waals surface area contributed by atoms with Gasteiger partial charge in [-0.25, -0.2) is 9.59 Å². The molecule has 186 valence electrons. The Morgan fingerprint density at radius 1 is 1.03 bits per heavy atom. The SMILES string of the molecule is CC1CCC(NC(=O)CCC(C)NC(=O)OCC2c3ccccc3-c3ccccc32)(C(=O)O)CC1. The molecule has 0 aliphatic heterocycles. The normalized spacial score (nSPS) is 21.9. The molecule has 2 aromatic carbocycles. The fraction of sp³-hybridized carbons (Fsp3) is 0.464. The Morgan fingerprint density at radius 2 is 1.60 bits per heavy atom. The highest BCUT2D eigenvalue weighted by Gasteiger charge is 2.42. The van der Waals surface area contributed by atoms with Crippen molar-refractivity contribution in [1.82, 2.24) is 10.6 Å². The van der Waals surface area contributed by atoms with E-state index in [0.717, 1.165) is 24.0 Å². The number of carboxylic acid groups (broad SMARTS) is 1. The molecule has 1 saturated carbocycles. The molecule has 7 heteroatoms. The van der Waals surface area contributed by atoms with E-state index in [1.54, 1.807) is 0 Å². The number of rotatable bonds is 8. The number of benzene rings is 2. The van der Waals surface area contributed by atoms with Crippen LogP contribution in [0.5, 0.6) is 0 Å². The largest absolute Gasteiger partial charge is 0.480 e. The van der Waals surface area contributed by atoms with Gasteiger partial charge in [0.15, 0.2) is 0 Å². The Hall–Kier alpha value is -3.35. The van der Waals surface area contributed by atoms with Crippen molar-refractivity contribution < 1.29 is 24.2 Å². The van der Waals surface area contributed by atoms with Crippen LogP contribution in [0.4, 0.5) is 4.79 Å². The van der Waals surface area contributed by atoms with Gasteiger partial charge in [0, 0.05) is 18.4 Å². The summed E-state index contributed by atoms with van der Waals surface area (Å²) in [6.45, 7) is 4.14. The average Bonchev–Trinajstić information content (AvgIpc) is 3.16. The van der Waals surface area contributed by atoms with E-state index < -0.39 is 17.6 Å². The van der Waals surface area contributed by atoms with Gasteiger partial charge in [-0.15, -0.1) is 0 Å². The predicted octanol–water partition coefficient (Wildman–Crippen LogP) is 4.84. The molecule has 1 fully saturated rings. The first-order valence-electron chi connectivity index (χ1n) is 12.4. The average molecular weight is 479 g/mol. The monoisotopic (exact) mass is 478 g/mol. The number of ether oxygens (including phenoxy) is 1. The smallest absolute Gasteiger partial charge is 0.407 e. The number of hydrogen-bond donors (Lipinski definition) is 3. The van der Waals surface area contributed by atoms with E-state index in [-0.39, 0.29) is 30.9 Å². The molecular formula is C28H34N2O5. The summed E-state index contributed by atoms with van der Waals surface area (Å²) >= 11 is 0. The second kappa shape index (κ2) is 10.5. The molecule has 1 unspecified atom stereocenters.